The highest BCUT2D eigenvalue weighted by atomic mass is 16.3. The quantitative estimate of drug-likeness (QED) is 0.626. The van der Waals surface area contributed by atoms with Crippen LogP contribution in [0.25, 0.3) is 10.9 Å². The molecule has 2 aromatic carbocycles. The van der Waals surface area contributed by atoms with Gasteiger partial charge in [-0.3, -0.25) is 10.2 Å². The van der Waals surface area contributed by atoms with Crippen molar-refractivity contribution < 1.29 is 5.11 Å². The molecule has 29 heavy (non-hydrogen) atoms. The van der Waals surface area contributed by atoms with Gasteiger partial charge in [0.15, 0.2) is 0 Å². The Morgan fingerprint density at radius 3 is 2.76 bits per heavy atom. The van der Waals surface area contributed by atoms with Gasteiger partial charge in [-0.1, -0.05) is 35.9 Å². The normalized spacial score (nSPS) is 16.7. The Bertz CT molecular complexity index is 1240. The zero-order chi connectivity index (χ0) is 20.7. The number of aromatic hydroxyl groups is 1. The second kappa shape index (κ2) is 7.09. The van der Waals surface area contributed by atoms with Crippen LogP contribution in [-0.2, 0) is 7.05 Å². The molecule has 1 aliphatic heterocycles. The zero-order valence-corrected chi connectivity index (χ0v) is 16.6. The molecule has 2 heterocycles. The molecule has 0 unspecified atom stereocenters. The molecule has 0 saturated heterocycles. The zero-order valence-electron chi connectivity index (χ0n) is 16.6. The number of fused-ring (bicyclic) bond motifs is 1. The number of pyridine rings is 1. The molecule has 0 amide bonds. The topological polar surface area (TPSA) is 105 Å². The maximum absolute atomic E-state index is 13.1. The fourth-order valence-electron chi connectivity index (χ4n) is 3.80. The molecule has 1 aromatic heterocycles. The van der Waals surface area contributed by atoms with Gasteiger partial charge >= 0.3 is 0 Å². The third-order valence-corrected chi connectivity index (χ3v) is 5.36. The van der Waals surface area contributed by atoms with Crippen molar-refractivity contribution in [1.29, 1.82) is 0 Å². The first-order valence-corrected chi connectivity index (χ1v) is 9.41. The van der Waals surface area contributed by atoms with E-state index in [4.69, 9.17) is 5.73 Å². The average molecular weight is 389 g/mol. The highest BCUT2D eigenvalue weighted by molar-refractivity contribution is 6.11. The lowest BCUT2D eigenvalue weighted by Crippen LogP contribution is -2.27. The fourth-order valence-corrected chi connectivity index (χ4v) is 3.80. The molecule has 0 saturated carbocycles. The molecule has 3 aromatic rings. The van der Waals surface area contributed by atoms with Crippen molar-refractivity contribution in [3.8, 4) is 5.75 Å². The predicted octanol–water partition coefficient (Wildman–Crippen LogP) is 2.61. The van der Waals surface area contributed by atoms with Crippen LogP contribution in [0.1, 0.15) is 34.7 Å². The smallest absolute Gasteiger partial charge is 0.263 e. The van der Waals surface area contributed by atoms with Crippen LogP contribution in [0, 0.1) is 13.8 Å². The summed E-state index contributed by atoms with van der Waals surface area (Å²) in [5, 5.41) is 15.7. The summed E-state index contributed by atoms with van der Waals surface area (Å²) in [5.74, 6) is -0.0701. The van der Waals surface area contributed by atoms with Gasteiger partial charge in [0.25, 0.3) is 5.56 Å². The van der Waals surface area contributed by atoms with E-state index < -0.39 is 0 Å². The van der Waals surface area contributed by atoms with Gasteiger partial charge in [0, 0.05) is 18.9 Å². The molecule has 0 radical (unpaired) electrons. The van der Waals surface area contributed by atoms with Crippen molar-refractivity contribution in [2.45, 2.75) is 26.3 Å². The predicted molar refractivity (Wildman–Crippen MR) is 115 cm³/mol. The van der Waals surface area contributed by atoms with E-state index in [9.17, 15) is 9.90 Å². The first-order valence-electron chi connectivity index (χ1n) is 9.41. The van der Waals surface area contributed by atoms with Crippen LogP contribution in [-0.4, -0.2) is 21.3 Å². The van der Waals surface area contributed by atoms with Crippen LogP contribution in [0.5, 0.6) is 5.75 Å². The number of nitrogens with two attached hydrogens (primary N) is 1. The molecular formula is C22H23N5O2. The van der Waals surface area contributed by atoms with Crippen molar-refractivity contribution in [2.24, 2.45) is 22.9 Å². The second-order valence-corrected chi connectivity index (χ2v) is 7.38. The van der Waals surface area contributed by atoms with Crippen molar-refractivity contribution in [2.75, 3.05) is 0 Å². The number of aliphatic imine (C=N–C) groups is 1. The molecule has 1 atom stereocenters. The number of aromatic nitrogens is 1. The van der Waals surface area contributed by atoms with Gasteiger partial charge in [0.2, 0.25) is 5.96 Å². The lowest BCUT2D eigenvalue weighted by molar-refractivity contribution is 0.477. The number of guanidine groups is 1. The van der Waals surface area contributed by atoms with E-state index in [0.29, 0.717) is 23.0 Å². The van der Waals surface area contributed by atoms with Crippen molar-refractivity contribution >= 4 is 22.6 Å². The third-order valence-electron chi connectivity index (χ3n) is 5.36. The molecule has 1 aliphatic rings. The van der Waals surface area contributed by atoms with Crippen molar-refractivity contribution in [1.82, 2.24) is 9.99 Å². The lowest BCUT2D eigenvalue weighted by atomic mass is 9.93. The lowest BCUT2D eigenvalue weighted by Gasteiger charge is -2.20. The molecule has 4 rings (SSSR count). The first kappa shape index (κ1) is 18.7. The molecular weight excluding hydrogens is 366 g/mol. The molecule has 0 aliphatic carbocycles. The minimum absolute atomic E-state index is 0.0161. The summed E-state index contributed by atoms with van der Waals surface area (Å²) in [7, 11) is 1.68. The summed E-state index contributed by atoms with van der Waals surface area (Å²) < 4.78 is 1.52. The highest BCUT2D eigenvalue weighted by Crippen LogP contribution is 2.30. The number of nitrogens with zero attached hydrogens (tertiary/aromatic N) is 3. The summed E-state index contributed by atoms with van der Waals surface area (Å²) in [4.78, 5) is 17.5. The Hall–Kier alpha value is -3.61. The van der Waals surface area contributed by atoms with Crippen molar-refractivity contribution in [3.05, 3.63) is 75.1 Å². The molecule has 0 spiro atoms. The second-order valence-electron chi connectivity index (χ2n) is 7.38. The van der Waals surface area contributed by atoms with E-state index in [0.717, 1.165) is 16.7 Å². The number of hydrogen-bond acceptors (Lipinski definition) is 6. The van der Waals surface area contributed by atoms with E-state index in [1.165, 1.54) is 4.57 Å². The van der Waals surface area contributed by atoms with Gasteiger partial charge in [-0.05, 0) is 37.1 Å². The van der Waals surface area contributed by atoms with Crippen LogP contribution in [0.3, 0.4) is 0 Å². The van der Waals surface area contributed by atoms with Crippen LogP contribution in [0.4, 0.5) is 0 Å². The Labute approximate surface area is 168 Å². The maximum atomic E-state index is 13.1. The summed E-state index contributed by atoms with van der Waals surface area (Å²) >= 11 is 0. The number of hydrazone groups is 1. The number of rotatable bonds is 2. The van der Waals surface area contributed by atoms with E-state index in [1.54, 1.807) is 19.2 Å². The van der Waals surface area contributed by atoms with Crippen LogP contribution >= 0.6 is 0 Å². The van der Waals surface area contributed by atoms with E-state index in [1.807, 2.05) is 38.1 Å². The van der Waals surface area contributed by atoms with E-state index in [-0.39, 0.29) is 28.9 Å². The summed E-state index contributed by atoms with van der Waals surface area (Å²) in [6, 6.07) is 13.2. The summed E-state index contributed by atoms with van der Waals surface area (Å²) in [6.45, 7) is 4.05. The number of aryl methyl sites for hydroxylation is 3. The van der Waals surface area contributed by atoms with Gasteiger partial charge < -0.3 is 15.4 Å². The van der Waals surface area contributed by atoms with Gasteiger partial charge in [0.05, 0.1) is 17.3 Å². The SMILES string of the molecule is Cc1ccc(C)c([C@@H]2CC(c3c(O)c4ccccc4n(C)c3=O)=NC(N)=NN2)c1. The molecule has 7 heteroatoms. The molecule has 148 valence electrons. The number of hydrogen-bond donors (Lipinski definition) is 3. The Morgan fingerprint density at radius 2 is 1.97 bits per heavy atom. The van der Waals surface area contributed by atoms with Crippen LogP contribution in [0.15, 0.2) is 57.4 Å². The highest BCUT2D eigenvalue weighted by Gasteiger charge is 2.26. The van der Waals surface area contributed by atoms with Crippen LogP contribution in [0.2, 0.25) is 0 Å². The monoisotopic (exact) mass is 389 g/mol. The number of nitrogens with one attached hydrogen (secondary N) is 1. The largest absolute Gasteiger partial charge is 0.506 e. The number of benzene rings is 2. The average Bonchev–Trinajstić information content (AvgIpc) is 2.90. The summed E-state index contributed by atoms with van der Waals surface area (Å²) in [6.07, 6.45) is 0.357. The standard InChI is InChI=1S/C22H23N5O2/c1-12-8-9-13(2)15(10-12)16-11-17(24-22(23)26-25-16)19-20(28)14-6-4-5-7-18(14)27(3)21(19)29/h4-10,16,25,28H,11H2,1-3H3,(H2,23,26)/t16-/m0/s1. The minimum atomic E-state index is -0.325. The van der Waals surface area contributed by atoms with Gasteiger partial charge in [-0.2, -0.15) is 0 Å². The van der Waals surface area contributed by atoms with Gasteiger partial charge in [0.1, 0.15) is 11.3 Å². The van der Waals surface area contributed by atoms with E-state index >= 15 is 0 Å². The Kier molecular flexibility index (Phi) is 4.58. The number of para-hydroxylation sites is 1. The van der Waals surface area contributed by atoms with Gasteiger partial charge in [-0.15, -0.1) is 5.10 Å². The Balaban J connectivity index is 1.89. The maximum Gasteiger partial charge on any atom is 0.263 e. The fraction of sp³-hybridized carbons (Fsp3) is 0.227. The minimum Gasteiger partial charge on any atom is -0.506 e. The van der Waals surface area contributed by atoms with E-state index in [2.05, 4.69) is 21.6 Å². The van der Waals surface area contributed by atoms with Gasteiger partial charge in [-0.25, -0.2) is 4.99 Å². The molecule has 7 nitrogen and oxygen atoms in total. The first-order chi connectivity index (χ1) is 13.9. The molecule has 0 fully saturated rings. The summed E-state index contributed by atoms with van der Waals surface area (Å²) in [5.41, 5.74) is 13.2. The van der Waals surface area contributed by atoms with Crippen molar-refractivity contribution in [3.63, 3.8) is 0 Å². The Morgan fingerprint density at radius 1 is 1.21 bits per heavy atom. The molecule has 0 bridgehead atoms. The third kappa shape index (κ3) is 3.24. The van der Waals surface area contributed by atoms with Crippen LogP contribution < -0.4 is 16.7 Å². The molecule has 4 N–H and O–H groups in total.